The summed E-state index contributed by atoms with van der Waals surface area (Å²) in [4.78, 5) is 35.3. The number of carbonyl (C=O) groups is 3. The summed E-state index contributed by atoms with van der Waals surface area (Å²) in [5.74, 6) is -1.08. The molecule has 0 bridgehead atoms. The molecule has 3 N–H and O–H groups in total. The van der Waals surface area contributed by atoms with Gasteiger partial charge in [0.1, 0.15) is 6.04 Å². The maximum atomic E-state index is 11.6. The maximum Gasteiger partial charge on any atom is 0.252 e. The molecule has 1 saturated heterocycles. The van der Waals surface area contributed by atoms with E-state index in [2.05, 4.69) is 5.32 Å². The van der Waals surface area contributed by atoms with Gasteiger partial charge < -0.3 is 11.1 Å². The van der Waals surface area contributed by atoms with E-state index in [1.807, 2.05) is 0 Å². The molecule has 0 saturated carbocycles. The number of nitrogens with two attached hydrogens (primary N) is 1. The summed E-state index contributed by atoms with van der Waals surface area (Å²) in [6.45, 7) is 2.17. The first kappa shape index (κ1) is 12.6. The van der Waals surface area contributed by atoms with Crippen LogP contribution in [0.2, 0.25) is 0 Å². The van der Waals surface area contributed by atoms with E-state index in [1.54, 1.807) is 6.92 Å². The molecule has 1 fully saturated rings. The fourth-order valence-corrected chi connectivity index (χ4v) is 1.56. The van der Waals surface area contributed by atoms with Crippen LogP contribution in [0.5, 0.6) is 0 Å². The third-order valence-electron chi connectivity index (χ3n) is 2.75. The number of likely N-dealkylation sites (tertiary alicyclic amines) is 1. The number of nitrogens with one attached hydrogen (secondary N) is 1. The molecule has 90 valence electrons. The summed E-state index contributed by atoms with van der Waals surface area (Å²) in [6, 6.07) is -0.703. The highest BCUT2D eigenvalue weighted by Gasteiger charge is 2.37. The molecule has 0 spiro atoms. The topological polar surface area (TPSA) is 92.5 Å². The molecule has 6 heteroatoms. The van der Waals surface area contributed by atoms with E-state index >= 15 is 0 Å². The molecular weight excluding hydrogens is 210 g/mol. The Kier molecular flexibility index (Phi) is 4.00. The van der Waals surface area contributed by atoms with Crippen LogP contribution in [0, 0.1) is 5.92 Å². The summed E-state index contributed by atoms with van der Waals surface area (Å²) in [6.07, 6.45) is 0.618. The van der Waals surface area contributed by atoms with Crippen molar-refractivity contribution in [3.63, 3.8) is 0 Å². The first-order valence-electron chi connectivity index (χ1n) is 5.28. The molecule has 0 aliphatic carbocycles. The van der Waals surface area contributed by atoms with Gasteiger partial charge in [0.25, 0.3) is 5.91 Å². The quantitative estimate of drug-likeness (QED) is 0.593. The van der Waals surface area contributed by atoms with Gasteiger partial charge in [0.15, 0.2) is 0 Å². The van der Waals surface area contributed by atoms with Crippen LogP contribution in [0.25, 0.3) is 0 Å². The third-order valence-corrected chi connectivity index (χ3v) is 2.75. The Bertz CT molecular complexity index is 316. The van der Waals surface area contributed by atoms with Crippen molar-refractivity contribution in [3.8, 4) is 0 Å². The van der Waals surface area contributed by atoms with Gasteiger partial charge in [0.2, 0.25) is 11.8 Å². The Morgan fingerprint density at radius 2 is 2.25 bits per heavy atom. The van der Waals surface area contributed by atoms with Crippen molar-refractivity contribution in [2.45, 2.75) is 25.8 Å². The summed E-state index contributed by atoms with van der Waals surface area (Å²) >= 11 is 0. The Labute approximate surface area is 94.2 Å². The molecule has 0 aromatic heterocycles. The van der Waals surface area contributed by atoms with Gasteiger partial charge in [-0.15, -0.1) is 0 Å². The average molecular weight is 227 g/mol. The highest BCUT2D eigenvalue weighted by Crippen LogP contribution is 2.11. The number of nitrogens with zero attached hydrogens (tertiary/aromatic N) is 1. The van der Waals surface area contributed by atoms with Gasteiger partial charge in [-0.25, -0.2) is 0 Å². The molecule has 0 radical (unpaired) electrons. The van der Waals surface area contributed by atoms with E-state index in [0.717, 1.165) is 4.90 Å². The van der Waals surface area contributed by atoms with Crippen LogP contribution in [-0.4, -0.2) is 42.3 Å². The smallest absolute Gasteiger partial charge is 0.252 e. The largest absolute Gasteiger partial charge is 0.344 e. The molecule has 0 aromatic carbocycles. The summed E-state index contributed by atoms with van der Waals surface area (Å²) < 4.78 is 0. The summed E-state index contributed by atoms with van der Waals surface area (Å²) in [7, 11) is 1.42. The predicted molar refractivity (Wildman–Crippen MR) is 57.2 cm³/mol. The average Bonchev–Trinajstić information content (AvgIpc) is 2.47. The zero-order valence-corrected chi connectivity index (χ0v) is 9.53. The van der Waals surface area contributed by atoms with Gasteiger partial charge in [-0.2, -0.15) is 0 Å². The van der Waals surface area contributed by atoms with Crippen LogP contribution >= 0.6 is 0 Å². The molecule has 2 unspecified atom stereocenters. The van der Waals surface area contributed by atoms with Crippen LogP contribution in [0.3, 0.4) is 0 Å². The summed E-state index contributed by atoms with van der Waals surface area (Å²) in [5, 5.41) is 2.57. The lowest BCUT2D eigenvalue weighted by Gasteiger charge is -2.14. The van der Waals surface area contributed by atoms with Gasteiger partial charge >= 0.3 is 0 Å². The van der Waals surface area contributed by atoms with Crippen LogP contribution in [0.4, 0.5) is 0 Å². The lowest BCUT2D eigenvalue weighted by molar-refractivity contribution is -0.138. The standard InChI is InChI=1S/C10H17N3O3/c1-6(3-4-11)9(15)12-7-5-8(14)13(2)10(7)16/h6-7H,3-5,11H2,1-2H3,(H,12,15). The van der Waals surface area contributed by atoms with Crippen molar-refractivity contribution in [1.82, 2.24) is 10.2 Å². The monoisotopic (exact) mass is 227 g/mol. The Morgan fingerprint density at radius 1 is 1.62 bits per heavy atom. The minimum absolute atomic E-state index is 0.0520. The van der Waals surface area contributed by atoms with Crippen molar-refractivity contribution in [2.75, 3.05) is 13.6 Å². The number of amides is 3. The molecule has 1 aliphatic rings. The number of carbonyl (C=O) groups excluding carboxylic acids is 3. The second-order valence-corrected chi connectivity index (χ2v) is 4.03. The minimum atomic E-state index is -0.703. The number of imide groups is 1. The molecule has 0 aromatic rings. The highest BCUT2D eigenvalue weighted by molar-refractivity contribution is 6.06. The number of rotatable bonds is 4. The molecular formula is C10H17N3O3. The van der Waals surface area contributed by atoms with Crippen molar-refractivity contribution in [1.29, 1.82) is 0 Å². The number of hydrogen-bond donors (Lipinski definition) is 2. The predicted octanol–water partition coefficient (Wildman–Crippen LogP) is -1.16. The second kappa shape index (κ2) is 5.07. The molecule has 16 heavy (non-hydrogen) atoms. The van der Waals surface area contributed by atoms with Crippen LogP contribution in [-0.2, 0) is 14.4 Å². The van der Waals surface area contributed by atoms with Crippen molar-refractivity contribution >= 4 is 17.7 Å². The van der Waals surface area contributed by atoms with Crippen LogP contribution in [0.15, 0.2) is 0 Å². The normalized spacial score (nSPS) is 22.4. The highest BCUT2D eigenvalue weighted by atomic mass is 16.2. The van der Waals surface area contributed by atoms with Crippen molar-refractivity contribution in [3.05, 3.63) is 0 Å². The minimum Gasteiger partial charge on any atom is -0.344 e. The van der Waals surface area contributed by atoms with Crippen molar-refractivity contribution < 1.29 is 14.4 Å². The van der Waals surface area contributed by atoms with Gasteiger partial charge in [-0.1, -0.05) is 6.92 Å². The second-order valence-electron chi connectivity index (χ2n) is 4.03. The Hall–Kier alpha value is -1.43. The Balaban J connectivity index is 2.53. The maximum absolute atomic E-state index is 11.6. The molecule has 2 atom stereocenters. The van der Waals surface area contributed by atoms with Crippen LogP contribution < -0.4 is 11.1 Å². The zero-order chi connectivity index (χ0) is 12.3. The lowest BCUT2D eigenvalue weighted by atomic mass is 10.1. The van der Waals surface area contributed by atoms with E-state index in [0.29, 0.717) is 13.0 Å². The molecule has 1 heterocycles. The lowest BCUT2D eigenvalue weighted by Crippen LogP contribution is -2.43. The molecule has 1 rings (SSSR count). The first-order chi connectivity index (χ1) is 7.47. The number of hydrogen-bond acceptors (Lipinski definition) is 4. The molecule has 6 nitrogen and oxygen atoms in total. The molecule has 3 amide bonds. The zero-order valence-electron chi connectivity index (χ0n) is 9.53. The van der Waals surface area contributed by atoms with E-state index in [4.69, 9.17) is 5.73 Å². The van der Waals surface area contributed by atoms with Gasteiger partial charge in [-0.3, -0.25) is 19.3 Å². The van der Waals surface area contributed by atoms with E-state index in [-0.39, 0.29) is 30.1 Å². The molecule has 1 aliphatic heterocycles. The fraction of sp³-hybridized carbons (Fsp3) is 0.700. The van der Waals surface area contributed by atoms with E-state index in [9.17, 15) is 14.4 Å². The SMILES string of the molecule is CC(CCN)C(=O)NC1CC(=O)N(C)C1=O. The van der Waals surface area contributed by atoms with E-state index < -0.39 is 6.04 Å². The van der Waals surface area contributed by atoms with Gasteiger partial charge in [0, 0.05) is 13.0 Å². The van der Waals surface area contributed by atoms with Crippen LogP contribution in [0.1, 0.15) is 19.8 Å². The van der Waals surface area contributed by atoms with Gasteiger partial charge in [-0.05, 0) is 13.0 Å². The van der Waals surface area contributed by atoms with Crippen molar-refractivity contribution in [2.24, 2.45) is 11.7 Å². The Morgan fingerprint density at radius 3 is 2.69 bits per heavy atom. The van der Waals surface area contributed by atoms with Gasteiger partial charge in [0.05, 0.1) is 6.42 Å². The van der Waals surface area contributed by atoms with E-state index in [1.165, 1.54) is 7.05 Å². The number of likely N-dealkylation sites (N-methyl/N-ethyl adjacent to an activating group) is 1. The first-order valence-corrected chi connectivity index (χ1v) is 5.28. The summed E-state index contributed by atoms with van der Waals surface area (Å²) in [5.41, 5.74) is 5.34. The fourth-order valence-electron chi connectivity index (χ4n) is 1.56. The third kappa shape index (κ3) is 2.57.